The van der Waals surface area contributed by atoms with E-state index in [1.165, 1.54) is 0 Å². The van der Waals surface area contributed by atoms with Crippen LogP contribution in [0.4, 0.5) is 0 Å². The van der Waals surface area contributed by atoms with E-state index in [1.54, 1.807) is 11.0 Å². The van der Waals surface area contributed by atoms with Crippen molar-refractivity contribution >= 4 is 27.7 Å². The van der Waals surface area contributed by atoms with E-state index in [0.29, 0.717) is 57.1 Å². The first-order valence-electron chi connectivity index (χ1n) is 10.4. The number of para-hydroxylation sites is 2. The largest absolute Gasteiger partial charge is 0.494 e. The number of hydrogen-bond donors (Lipinski definition) is 0. The molecule has 8 heteroatoms. The number of benzene rings is 2. The molecule has 0 aromatic heterocycles. The van der Waals surface area contributed by atoms with Crippen LogP contribution in [0.15, 0.2) is 53.0 Å². The van der Waals surface area contributed by atoms with Crippen LogP contribution in [-0.2, 0) is 9.59 Å². The molecule has 0 aliphatic carbocycles. The Balaban J connectivity index is 1.18. The molecule has 0 N–H and O–H groups in total. The van der Waals surface area contributed by atoms with Crippen molar-refractivity contribution in [1.82, 2.24) is 9.80 Å². The van der Waals surface area contributed by atoms with Gasteiger partial charge in [-0.15, -0.1) is 0 Å². The van der Waals surface area contributed by atoms with Crippen molar-refractivity contribution in [2.24, 2.45) is 0 Å². The van der Waals surface area contributed by atoms with E-state index in [0.717, 1.165) is 10.2 Å². The molecule has 2 aliphatic rings. The van der Waals surface area contributed by atoms with Gasteiger partial charge in [0.25, 0.3) is 5.91 Å². The van der Waals surface area contributed by atoms with Crippen LogP contribution in [0.1, 0.15) is 12.8 Å². The molecule has 4 rings (SSSR count). The molecule has 0 bridgehead atoms. The maximum absolute atomic E-state index is 12.8. The predicted octanol–water partition coefficient (Wildman–Crippen LogP) is 3.12. The van der Waals surface area contributed by atoms with Gasteiger partial charge < -0.3 is 24.0 Å². The Labute approximate surface area is 190 Å². The summed E-state index contributed by atoms with van der Waals surface area (Å²) in [4.78, 5) is 28.9. The van der Waals surface area contributed by atoms with Crippen molar-refractivity contribution in [2.45, 2.75) is 18.9 Å². The average Bonchev–Trinajstić information content (AvgIpc) is 2.81. The van der Waals surface area contributed by atoms with Gasteiger partial charge in [-0.1, -0.05) is 34.1 Å². The Bertz CT molecular complexity index is 930. The van der Waals surface area contributed by atoms with Crippen LogP contribution >= 0.6 is 15.9 Å². The second-order valence-electron chi connectivity index (χ2n) is 7.48. The van der Waals surface area contributed by atoms with Gasteiger partial charge in [0, 0.05) is 37.1 Å². The molecule has 0 unspecified atom stereocenters. The Morgan fingerprint density at radius 1 is 1.00 bits per heavy atom. The van der Waals surface area contributed by atoms with Crippen molar-refractivity contribution in [1.29, 1.82) is 0 Å². The lowest BCUT2D eigenvalue weighted by Gasteiger charge is -2.37. The molecule has 2 aliphatic heterocycles. The third-order valence-electron chi connectivity index (χ3n) is 5.33. The summed E-state index contributed by atoms with van der Waals surface area (Å²) in [6.45, 7) is 2.75. The molecule has 2 aromatic carbocycles. The highest BCUT2D eigenvalue weighted by Crippen LogP contribution is 2.31. The molecule has 2 amide bonds. The second-order valence-corrected chi connectivity index (χ2v) is 8.40. The van der Waals surface area contributed by atoms with Crippen LogP contribution in [0.2, 0.25) is 0 Å². The van der Waals surface area contributed by atoms with E-state index in [-0.39, 0.29) is 18.4 Å². The number of piperazine rings is 1. The summed E-state index contributed by atoms with van der Waals surface area (Å²) in [5, 5.41) is 0. The van der Waals surface area contributed by atoms with Crippen LogP contribution in [0.25, 0.3) is 0 Å². The van der Waals surface area contributed by atoms with E-state index >= 15 is 0 Å². The van der Waals surface area contributed by atoms with Gasteiger partial charge in [0.2, 0.25) is 12.0 Å². The van der Waals surface area contributed by atoms with Gasteiger partial charge in [-0.25, -0.2) is 0 Å². The lowest BCUT2D eigenvalue weighted by molar-refractivity contribution is -0.146. The van der Waals surface area contributed by atoms with Gasteiger partial charge >= 0.3 is 0 Å². The zero-order valence-corrected chi connectivity index (χ0v) is 18.8. The lowest BCUT2D eigenvalue weighted by atomic mass is 10.2. The standard InChI is InChI=1S/C23H25BrN2O5/c24-17-5-3-6-18(15-17)29-14-4-9-22(27)25-10-12-26(13-11-25)23(28)21-16-30-19-7-1-2-8-20(19)31-21/h1-3,5-8,15,21H,4,9-14,16H2/t21-/m1/s1. The molecule has 7 nitrogen and oxygen atoms in total. The maximum Gasteiger partial charge on any atom is 0.267 e. The Kier molecular flexibility index (Phi) is 6.96. The topological polar surface area (TPSA) is 68.3 Å². The summed E-state index contributed by atoms with van der Waals surface area (Å²) in [6.07, 6.45) is 0.433. The number of rotatable bonds is 6. The fraction of sp³-hybridized carbons (Fsp3) is 0.391. The van der Waals surface area contributed by atoms with Crippen LogP contribution in [0.5, 0.6) is 17.2 Å². The van der Waals surface area contributed by atoms with Gasteiger partial charge in [0.05, 0.1) is 6.61 Å². The maximum atomic E-state index is 12.8. The number of carbonyl (C=O) groups is 2. The van der Waals surface area contributed by atoms with Crippen LogP contribution in [-0.4, -0.2) is 67.1 Å². The number of amides is 2. The third-order valence-corrected chi connectivity index (χ3v) is 5.82. The summed E-state index contributed by atoms with van der Waals surface area (Å²) < 4.78 is 18.1. The molecule has 2 heterocycles. The van der Waals surface area contributed by atoms with E-state index in [4.69, 9.17) is 14.2 Å². The molecule has 31 heavy (non-hydrogen) atoms. The highest BCUT2D eigenvalue weighted by Gasteiger charge is 2.33. The summed E-state index contributed by atoms with van der Waals surface area (Å²) in [7, 11) is 0. The van der Waals surface area contributed by atoms with Crippen molar-refractivity contribution in [2.75, 3.05) is 39.4 Å². The Morgan fingerprint density at radius 2 is 1.74 bits per heavy atom. The summed E-state index contributed by atoms with van der Waals surface area (Å²) in [6, 6.07) is 15.0. The molecular formula is C23H25BrN2O5. The van der Waals surface area contributed by atoms with E-state index in [9.17, 15) is 9.59 Å². The van der Waals surface area contributed by atoms with Crippen molar-refractivity contribution in [3.63, 3.8) is 0 Å². The first-order chi connectivity index (χ1) is 15.1. The van der Waals surface area contributed by atoms with E-state index < -0.39 is 6.10 Å². The highest BCUT2D eigenvalue weighted by atomic mass is 79.9. The van der Waals surface area contributed by atoms with Gasteiger partial charge in [0.1, 0.15) is 12.4 Å². The first kappa shape index (κ1) is 21.5. The molecule has 1 saturated heterocycles. The third kappa shape index (κ3) is 5.50. The van der Waals surface area contributed by atoms with Gasteiger partial charge in [0.15, 0.2) is 11.5 Å². The molecule has 164 valence electrons. The number of ether oxygens (including phenoxy) is 3. The quantitative estimate of drug-likeness (QED) is 0.584. The van der Waals surface area contributed by atoms with Gasteiger partial charge in [-0.05, 0) is 36.8 Å². The first-order valence-corrected chi connectivity index (χ1v) is 11.2. The predicted molar refractivity (Wildman–Crippen MR) is 118 cm³/mol. The van der Waals surface area contributed by atoms with E-state index in [1.807, 2.05) is 47.4 Å². The minimum atomic E-state index is -0.646. The molecule has 0 radical (unpaired) electrons. The molecule has 1 fully saturated rings. The fourth-order valence-electron chi connectivity index (χ4n) is 3.65. The molecule has 1 atom stereocenters. The minimum Gasteiger partial charge on any atom is -0.494 e. The Morgan fingerprint density at radius 3 is 2.52 bits per heavy atom. The molecule has 2 aromatic rings. The second kappa shape index (κ2) is 10.0. The number of nitrogens with zero attached hydrogens (tertiary/aromatic N) is 2. The van der Waals surface area contributed by atoms with Crippen molar-refractivity contribution in [3.8, 4) is 17.2 Å². The average molecular weight is 489 g/mol. The smallest absolute Gasteiger partial charge is 0.267 e. The number of halogens is 1. The summed E-state index contributed by atoms with van der Waals surface area (Å²) >= 11 is 3.41. The Hall–Kier alpha value is -2.74. The molecule has 0 saturated carbocycles. The van der Waals surface area contributed by atoms with Crippen LogP contribution in [0.3, 0.4) is 0 Å². The lowest BCUT2D eigenvalue weighted by Crippen LogP contribution is -2.55. The molecule has 0 spiro atoms. The normalized spacial score (nSPS) is 17.9. The zero-order valence-electron chi connectivity index (χ0n) is 17.2. The monoisotopic (exact) mass is 488 g/mol. The number of carbonyl (C=O) groups excluding carboxylic acids is 2. The zero-order chi connectivity index (χ0) is 21.6. The SMILES string of the molecule is O=C(CCCOc1cccc(Br)c1)N1CCN(C(=O)[C@H]2COc3ccccc3O2)CC1. The molecular weight excluding hydrogens is 464 g/mol. The number of fused-ring (bicyclic) bond motifs is 1. The fourth-order valence-corrected chi connectivity index (χ4v) is 4.03. The van der Waals surface area contributed by atoms with E-state index in [2.05, 4.69) is 15.9 Å². The van der Waals surface area contributed by atoms with Gasteiger partial charge in [-0.2, -0.15) is 0 Å². The van der Waals surface area contributed by atoms with Crippen molar-refractivity contribution in [3.05, 3.63) is 53.0 Å². The minimum absolute atomic E-state index is 0.0935. The van der Waals surface area contributed by atoms with Crippen LogP contribution < -0.4 is 14.2 Å². The number of hydrogen-bond acceptors (Lipinski definition) is 5. The van der Waals surface area contributed by atoms with Crippen molar-refractivity contribution < 1.29 is 23.8 Å². The highest BCUT2D eigenvalue weighted by molar-refractivity contribution is 9.10. The van der Waals surface area contributed by atoms with Crippen LogP contribution in [0, 0.1) is 0 Å². The summed E-state index contributed by atoms with van der Waals surface area (Å²) in [5.41, 5.74) is 0. The van der Waals surface area contributed by atoms with Gasteiger partial charge in [-0.3, -0.25) is 9.59 Å². The summed E-state index contributed by atoms with van der Waals surface area (Å²) in [5.74, 6) is 2.03.